The molecular weight excluding hydrogens is 1000 g/mol. The van der Waals surface area contributed by atoms with E-state index in [2.05, 4.69) is 65.0 Å². The number of rotatable bonds is 16. The van der Waals surface area contributed by atoms with Crippen LogP contribution >= 0.6 is 11.6 Å². The Morgan fingerprint density at radius 3 is 1.44 bits per heavy atom. The molecule has 410 valence electrons. The van der Waals surface area contributed by atoms with Gasteiger partial charge in [-0.05, 0) is 131 Å². The quantitative estimate of drug-likeness (QED) is 0.0920. The zero-order chi connectivity index (χ0) is 56.6. The highest BCUT2D eigenvalue weighted by Gasteiger charge is 2.32. The van der Waals surface area contributed by atoms with Crippen LogP contribution in [0.3, 0.4) is 0 Å². The van der Waals surface area contributed by atoms with Gasteiger partial charge in [0.2, 0.25) is 0 Å². The van der Waals surface area contributed by atoms with Crippen LogP contribution in [0.2, 0.25) is 0 Å². The minimum Gasteiger partial charge on any atom is -0.493 e. The zero-order valence-corrected chi connectivity index (χ0v) is 46.8. The number of nitrogens with one attached hydrogen (secondary N) is 1. The molecule has 2 aliphatic rings. The Balaban J connectivity index is 0.000000254. The standard InChI is InChI=1S/C30H33NO6.C28H31NO4.C2H3ClO2.C2H6/c1-20-15-26(33-2)27(34-3)16-22(20)11-12-25-24-18-28(35-4)29(37-19-21-9-7-6-8-10-21)17-23(24)13-14-31(25)30(32)36-5;1-19-14-25(30-2)26(31-3)15-21(19)10-11-24-23-17-27(32-4)28(16-22(23)12-13-29-24)33-18-20-8-6-5-7-9-20;1-5-2(3)4;1-2/h6-12,15-18,25H,13-14,19H2,1-5H3;5-11,14-17,24,29H,12-13,18H2,1-4H3;1H3;1-2H3/b12-11+;11-10+;;/i;;;1D. The van der Waals surface area contributed by atoms with Crippen LogP contribution < -0.4 is 43.2 Å². The number of ether oxygens (including phenoxy) is 10. The summed E-state index contributed by atoms with van der Waals surface area (Å²) in [5, 5.41) is 3.61. The van der Waals surface area contributed by atoms with Crippen molar-refractivity contribution in [3.05, 3.63) is 177 Å². The minimum atomic E-state index is -0.773. The van der Waals surface area contributed by atoms with Crippen molar-refractivity contribution < 1.29 is 58.3 Å². The number of nitrogens with zero attached hydrogens (tertiary/aromatic N) is 1. The molecule has 2 aliphatic heterocycles. The van der Waals surface area contributed by atoms with Crippen LogP contribution in [0.5, 0.6) is 46.0 Å². The van der Waals surface area contributed by atoms with Crippen LogP contribution in [-0.4, -0.2) is 86.4 Å². The van der Waals surface area contributed by atoms with Crippen molar-refractivity contribution in [3.63, 3.8) is 0 Å². The first-order chi connectivity index (χ1) is 37.8. The van der Waals surface area contributed by atoms with E-state index in [9.17, 15) is 9.59 Å². The van der Waals surface area contributed by atoms with E-state index < -0.39 is 5.43 Å². The van der Waals surface area contributed by atoms with Gasteiger partial charge in [0.05, 0.1) is 69.0 Å². The third kappa shape index (κ3) is 16.3. The van der Waals surface area contributed by atoms with Gasteiger partial charge in [-0.25, -0.2) is 9.59 Å². The topological polar surface area (TPSA) is 142 Å². The monoisotopic (exact) mass is 1070 g/mol. The highest BCUT2D eigenvalue weighted by Crippen LogP contribution is 2.41. The zero-order valence-electron chi connectivity index (χ0n) is 47.0. The summed E-state index contributed by atoms with van der Waals surface area (Å²) in [4.78, 5) is 23.8. The maximum Gasteiger partial charge on any atom is 0.410 e. The van der Waals surface area contributed by atoms with Gasteiger partial charge in [0, 0.05) is 26.1 Å². The molecule has 0 saturated heterocycles. The van der Waals surface area contributed by atoms with Crippen LogP contribution in [0.4, 0.5) is 9.59 Å². The summed E-state index contributed by atoms with van der Waals surface area (Å²) >= 11 is 4.60. The largest absolute Gasteiger partial charge is 0.493 e. The van der Waals surface area contributed by atoms with Gasteiger partial charge in [0.1, 0.15) is 13.2 Å². The molecule has 77 heavy (non-hydrogen) atoms. The number of hydrogen-bond acceptors (Lipinski definition) is 13. The molecule has 2 atom stereocenters. The van der Waals surface area contributed by atoms with Crippen LogP contribution in [0, 0.1) is 13.8 Å². The van der Waals surface area contributed by atoms with Crippen LogP contribution in [0.1, 0.15) is 82.9 Å². The van der Waals surface area contributed by atoms with E-state index in [-0.39, 0.29) is 18.2 Å². The first kappa shape index (κ1) is 58.5. The lowest BCUT2D eigenvalue weighted by Gasteiger charge is -2.35. The second-order valence-corrected chi connectivity index (χ2v) is 17.6. The molecule has 6 aromatic rings. The molecule has 2 unspecified atom stereocenters. The first-order valence-corrected chi connectivity index (χ1v) is 25.3. The summed E-state index contributed by atoms with van der Waals surface area (Å²) in [5.74, 6) is 5.59. The van der Waals surface area contributed by atoms with Crippen molar-refractivity contribution in [1.82, 2.24) is 10.2 Å². The van der Waals surface area contributed by atoms with Gasteiger partial charge >= 0.3 is 11.5 Å². The molecule has 2 heterocycles. The van der Waals surface area contributed by atoms with Gasteiger partial charge in [-0.2, -0.15) is 0 Å². The molecule has 15 heteroatoms. The van der Waals surface area contributed by atoms with E-state index in [1.54, 1.807) is 54.5 Å². The van der Waals surface area contributed by atoms with Crippen LogP contribution in [0.25, 0.3) is 12.2 Å². The summed E-state index contributed by atoms with van der Waals surface area (Å²) in [6, 6.07) is 36.0. The number of methoxy groups -OCH3 is 8. The Labute approximate surface area is 460 Å². The maximum absolute atomic E-state index is 12.7. The van der Waals surface area contributed by atoms with Crippen molar-refractivity contribution in [3.8, 4) is 46.0 Å². The van der Waals surface area contributed by atoms with Gasteiger partial charge in [0.25, 0.3) is 0 Å². The predicted octanol–water partition coefficient (Wildman–Crippen LogP) is 13.5. The minimum absolute atomic E-state index is 0.0818. The highest BCUT2D eigenvalue weighted by molar-refractivity contribution is 6.61. The van der Waals surface area contributed by atoms with Crippen molar-refractivity contribution in [2.75, 3.05) is 70.0 Å². The SMILES string of the molecule is COC(=O)Cl.COC(=O)N1CCc2cc(OCc3ccccc3)c(OC)cc2C1/C=C/c1cc(OC)c(OC)cc1C.COc1cc(C)c(/C=C/C2NCCc3cc(OCc4ccccc4)c(OC)cc32)cc1OC.[2H]CC. The number of amides is 1. The predicted molar refractivity (Wildman–Crippen MR) is 304 cm³/mol. The Kier molecular flexibility index (Phi) is 23.3. The van der Waals surface area contributed by atoms with E-state index in [4.69, 9.17) is 44.0 Å². The number of aryl methyl sites for hydroxylation is 2. The van der Waals surface area contributed by atoms with Crippen LogP contribution in [0.15, 0.2) is 121 Å². The number of hydrogen-bond donors (Lipinski definition) is 1. The Morgan fingerprint density at radius 2 is 1.00 bits per heavy atom. The lowest BCUT2D eigenvalue weighted by Crippen LogP contribution is -2.39. The molecule has 0 aliphatic carbocycles. The summed E-state index contributed by atoms with van der Waals surface area (Å²) in [6.45, 7) is 8.74. The van der Waals surface area contributed by atoms with Crippen molar-refractivity contribution >= 4 is 35.3 Å². The number of carbonyl (C=O) groups excluding carboxylic acids is 2. The van der Waals surface area contributed by atoms with Gasteiger partial charge in [0.15, 0.2) is 46.0 Å². The first-order valence-electron chi connectivity index (χ1n) is 25.7. The number of benzene rings is 6. The van der Waals surface area contributed by atoms with Gasteiger partial charge < -0.3 is 52.7 Å². The molecule has 14 nitrogen and oxygen atoms in total. The lowest BCUT2D eigenvalue weighted by molar-refractivity contribution is 0.110. The number of fused-ring (bicyclic) bond motifs is 2. The van der Waals surface area contributed by atoms with Crippen molar-refractivity contribution in [2.24, 2.45) is 0 Å². The normalized spacial score (nSPS) is 14.3. The molecule has 0 bridgehead atoms. The molecule has 1 N–H and O–H groups in total. The van der Waals surface area contributed by atoms with Gasteiger partial charge in [-0.1, -0.05) is 98.8 Å². The Hall–Kier alpha value is -7.81. The molecule has 0 spiro atoms. The molecule has 0 aromatic heterocycles. The lowest BCUT2D eigenvalue weighted by atomic mass is 9.91. The number of carbonyl (C=O) groups is 2. The molecule has 6 aromatic carbocycles. The van der Waals surface area contributed by atoms with Gasteiger partial charge in [-0.15, -0.1) is 0 Å². The molecule has 8 rings (SSSR count). The number of halogens is 1. The average Bonchev–Trinajstić information content (AvgIpc) is 3.49. The van der Waals surface area contributed by atoms with Gasteiger partial charge in [-0.3, -0.25) is 4.90 Å². The fourth-order valence-electron chi connectivity index (χ4n) is 8.72. The second-order valence-electron chi connectivity index (χ2n) is 17.3. The molecule has 0 saturated carbocycles. The molecular formula is C62H73ClN2O12. The summed E-state index contributed by atoms with van der Waals surface area (Å²) < 4.78 is 60.6. The van der Waals surface area contributed by atoms with E-state index in [0.29, 0.717) is 56.1 Å². The highest BCUT2D eigenvalue weighted by atomic mass is 35.5. The van der Waals surface area contributed by atoms with Crippen molar-refractivity contribution in [2.45, 2.75) is 65.8 Å². The van der Waals surface area contributed by atoms with E-state index in [1.807, 2.05) is 104 Å². The second kappa shape index (κ2) is 30.7. The molecule has 0 fully saturated rings. The molecule has 1 amide bonds. The Bertz CT molecular complexity index is 2940. The summed E-state index contributed by atoms with van der Waals surface area (Å²) in [6.07, 6.45) is 9.57. The maximum atomic E-state index is 12.7. The smallest absolute Gasteiger partial charge is 0.410 e. The Morgan fingerprint density at radius 1 is 0.584 bits per heavy atom. The molecule has 0 radical (unpaired) electrons. The fraction of sp³-hybridized carbons (Fsp3) is 0.323. The summed E-state index contributed by atoms with van der Waals surface area (Å²) in [5.41, 5.74) is 10.2. The third-order valence-corrected chi connectivity index (χ3v) is 12.9. The van der Waals surface area contributed by atoms with Crippen molar-refractivity contribution in [1.29, 1.82) is 0 Å². The van der Waals surface area contributed by atoms with E-state index in [1.165, 1.54) is 25.3 Å². The summed E-state index contributed by atoms with van der Waals surface area (Å²) in [7, 11) is 12.5. The van der Waals surface area contributed by atoms with E-state index in [0.717, 1.165) is 80.5 Å². The van der Waals surface area contributed by atoms with E-state index >= 15 is 0 Å². The third-order valence-electron chi connectivity index (χ3n) is 12.7. The van der Waals surface area contributed by atoms with Crippen LogP contribution in [-0.2, 0) is 35.5 Å². The fourth-order valence-corrected chi connectivity index (χ4v) is 8.72. The average molecular weight is 1070 g/mol.